The number of amides is 1. The van der Waals surface area contributed by atoms with Gasteiger partial charge in [-0.3, -0.25) is 4.79 Å². The summed E-state index contributed by atoms with van der Waals surface area (Å²) >= 11 is 0. The van der Waals surface area contributed by atoms with Crippen molar-refractivity contribution in [3.8, 4) is 5.75 Å². The summed E-state index contributed by atoms with van der Waals surface area (Å²) in [6.07, 6.45) is 1.67. The van der Waals surface area contributed by atoms with Crippen LogP contribution in [-0.2, 0) is 0 Å². The molecule has 9 nitrogen and oxygen atoms in total. The second-order valence-corrected chi connectivity index (χ2v) is 7.18. The van der Waals surface area contributed by atoms with Gasteiger partial charge in [-0.2, -0.15) is 5.10 Å². The molecule has 0 radical (unpaired) electrons. The van der Waals surface area contributed by atoms with Crippen molar-refractivity contribution in [3.05, 3.63) is 76.8 Å². The average molecular weight is 431 g/mol. The molecule has 0 aliphatic rings. The summed E-state index contributed by atoms with van der Waals surface area (Å²) in [4.78, 5) is 27.0. The van der Waals surface area contributed by atoms with E-state index in [2.05, 4.69) is 20.8 Å². The fraction of sp³-hybridized carbons (Fsp3) is 0.130. The smallest absolute Gasteiger partial charge is 0.349 e. The number of nitrogens with zero attached hydrogens (tertiary/aromatic N) is 3. The van der Waals surface area contributed by atoms with E-state index < -0.39 is 11.5 Å². The van der Waals surface area contributed by atoms with Crippen LogP contribution < -0.4 is 25.9 Å². The highest BCUT2D eigenvalue weighted by Gasteiger charge is 2.16. The molecular weight excluding hydrogens is 410 g/mol. The predicted molar refractivity (Wildman–Crippen MR) is 123 cm³/mol. The molecule has 1 amide bonds. The van der Waals surface area contributed by atoms with Crippen LogP contribution in [0.4, 0.5) is 22.9 Å². The summed E-state index contributed by atoms with van der Waals surface area (Å²) in [7, 11) is 5.33. The first-order valence-electron chi connectivity index (χ1n) is 9.74. The van der Waals surface area contributed by atoms with E-state index in [1.165, 1.54) is 13.2 Å². The van der Waals surface area contributed by atoms with E-state index in [9.17, 15) is 9.59 Å². The summed E-state index contributed by atoms with van der Waals surface area (Å²) in [6.45, 7) is 0. The maximum absolute atomic E-state index is 12.7. The van der Waals surface area contributed by atoms with Gasteiger partial charge in [0.05, 0.1) is 19.0 Å². The number of nitrogens with one attached hydrogen (secondary N) is 2. The lowest BCUT2D eigenvalue weighted by Crippen LogP contribution is -2.20. The summed E-state index contributed by atoms with van der Waals surface area (Å²) in [5, 5.41) is 14.5. The number of aromatic nitrogens is 2. The normalized spacial score (nSPS) is 10.6. The number of para-hydroxylation sites is 1. The van der Waals surface area contributed by atoms with Gasteiger partial charge in [0.25, 0.3) is 5.91 Å². The SMILES string of the molecule is COc1cccc2cc(C(=O)Nc3ccc(Nc4cc(N(C)C)cnn4)cc3)c(=O)oc12. The maximum Gasteiger partial charge on any atom is 0.349 e. The average Bonchev–Trinajstić information content (AvgIpc) is 2.79. The Hall–Kier alpha value is -4.40. The number of methoxy groups -OCH3 is 1. The van der Waals surface area contributed by atoms with Crippen LogP contribution in [0.2, 0.25) is 0 Å². The van der Waals surface area contributed by atoms with Crippen LogP contribution >= 0.6 is 0 Å². The van der Waals surface area contributed by atoms with Crippen LogP contribution in [0.25, 0.3) is 11.0 Å². The monoisotopic (exact) mass is 431 g/mol. The Morgan fingerprint density at radius 2 is 1.81 bits per heavy atom. The van der Waals surface area contributed by atoms with E-state index in [1.54, 1.807) is 48.7 Å². The number of fused-ring (bicyclic) bond motifs is 1. The minimum Gasteiger partial charge on any atom is -0.493 e. The van der Waals surface area contributed by atoms with Gasteiger partial charge in [0.1, 0.15) is 5.56 Å². The van der Waals surface area contributed by atoms with Crippen molar-refractivity contribution in [1.82, 2.24) is 10.2 Å². The predicted octanol–water partition coefficient (Wildman–Crippen LogP) is 3.65. The fourth-order valence-corrected chi connectivity index (χ4v) is 3.08. The zero-order valence-corrected chi connectivity index (χ0v) is 17.7. The molecule has 0 saturated heterocycles. The van der Waals surface area contributed by atoms with E-state index in [1.807, 2.05) is 25.1 Å². The lowest BCUT2D eigenvalue weighted by Gasteiger charge is -2.13. The highest BCUT2D eigenvalue weighted by Crippen LogP contribution is 2.25. The Labute approximate surface area is 183 Å². The number of hydrogen-bond donors (Lipinski definition) is 2. The Morgan fingerprint density at radius 1 is 1.06 bits per heavy atom. The van der Waals surface area contributed by atoms with E-state index >= 15 is 0 Å². The largest absolute Gasteiger partial charge is 0.493 e. The van der Waals surface area contributed by atoms with Crippen LogP contribution in [0, 0.1) is 0 Å². The van der Waals surface area contributed by atoms with Gasteiger partial charge in [0.2, 0.25) is 0 Å². The Kier molecular flexibility index (Phi) is 5.71. The third-order valence-electron chi connectivity index (χ3n) is 4.76. The van der Waals surface area contributed by atoms with Crippen molar-refractivity contribution >= 4 is 39.8 Å². The molecule has 4 rings (SSSR count). The number of rotatable bonds is 6. The molecule has 0 unspecified atom stereocenters. The van der Waals surface area contributed by atoms with E-state index in [-0.39, 0.29) is 5.56 Å². The van der Waals surface area contributed by atoms with Gasteiger partial charge in [0, 0.05) is 36.9 Å². The minimum atomic E-state index is -0.739. The number of carbonyl (C=O) groups is 1. The molecule has 0 fully saturated rings. The summed E-state index contributed by atoms with van der Waals surface area (Å²) in [5.74, 6) is 0.460. The Bertz CT molecular complexity index is 1330. The number of anilines is 4. The maximum atomic E-state index is 12.7. The topological polar surface area (TPSA) is 110 Å². The lowest BCUT2D eigenvalue weighted by atomic mass is 10.1. The first-order valence-corrected chi connectivity index (χ1v) is 9.74. The van der Waals surface area contributed by atoms with E-state index in [0.29, 0.717) is 28.2 Å². The third-order valence-corrected chi connectivity index (χ3v) is 4.76. The molecular formula is C23H21N5O4. The van der Waals surface area contributed by atoms with Gasteiger partial charge >= 0.3 is 5.63 Å². The molecule has 2 aromatic carbocycles. The van der Waals surface area contributed by atoms with E-state index in [0.717, 1.165) is 11.4 Å². The van der Waals surface area contributed by atoms with Crippen LogP contribution in [0.5, 0.6) is 5.75 Å². The molecule has 0 aliphatic carbocycles. The third kappa shape index (κ3) is 4.36. The second kappa shape index (κ2) is 8.76. The molecule has 0 saturated carbocycles. The Balaban J connectivity index is 1.50. The van der Waals surface area contributed by atoms with Crippen LogP contribution in [0.1, 0.15) is 10.4 Å². The zero-order chi connectivity index (χ0) is 22.7. The van der Waals surface area contributed by atoms with Crippen LogP contribution in [0.3, 0.4) is 0 Å². The number of carbonyl (C=O) groups excluding carboxylic acids is 1. The molecule has 0 aliphatic heterocycles. The van der Waals surface area contributed by atoms with Gasteiger partial charge < -0.3 is 24.7 Å². The Morgan fingerprint density at radius 3 is 2.53 bits per heavy atom. The van der Waals surface area contributed by atoms with Crippen LogP contribution in [-0.4, -0.2) is 37.3 Å². The summed E-state index contributed by atoms with van der Waals surface area (Å²) in [5.41, 5.74) is 1.68. The summed E-state index contributed by atoms with van der Waals surface area (Å²) in [6, 6.07) is 15.6. The van der Waals surface area contributed by atoms with Gasteiger partial charge in [0.15, 0.2) is 17.2 Å². The van der Waals surface area contributed by atoms with Crippen molar-refractivity contribution in [2.45, 2.75) is 0 Å². The highest BCUT2D eigenvalue weighted by molar-refractivity contribution is 6.05. The van der Waals surface area contributed by atoms with Crippen molar-refractivity contribution < 1.29 is 13.9 Å². The molecule has 32 heavy (non-hydrogen) atoms. The van der Waals surface area contributed by atoms with Crippen molar-refractivity contribution in [1.29, 1.82) is 0 Å². The minimum absolute atomic E-state index is 0.0938. The van der Waals surface area contributed by atoms with Gasteiger partial charge in [-0.05, 0) is 36.4 Å². The van der Waals surface area contributed by atoms with Crippen LogP contribution in [0.15, 0.2) is 70.0 Å². The number of ether oxygens (including phenoxy) is 1. The molecule has 0 atom stereocenters. The van der Waals surface area contributed by atoms with Crippen molar-refractivity contribution in [2.75, 3.05) is 36.7 Å². The van der Waals surface area contributed by atoms with Crippen molar-refractivity contribution in [3.63, 3.8) is 0 Å². The lowest BCUT2D eigenvalue weighted by molar-refractivity contribution is 0.102. The molecule has 9 heteroatoms. The molecule has 2 heterocycles. The zero-order valence-electron chi connectivity index (χ0n) is 17.7. The van der Waals surface area contributed by atoms with E-state index in [4.69, 9.17) is 9.15 Å². The van der Waals surface area contributed by atoms with Gasteiger partial charge in [-0.25, -0.2) is 4.79 Å². The highest BCUT2D eigenvalue weighted by atomic mass is 16.5. The second-order valence-electron chi connectivity index (χ2n) is 7.18. The first kappa shape index (κ1) is 20.9. The standard InChI is InChI=1S/C23H21N5O4/c1-28(2)17-12-20(27-24-13-17)25-15-7-9-16(10-8-15)26-22(29)18-11-14-5-4-6-19(31-3)21(14)32-23(18)30/h4-13H,1-3H3,(H,25,27)(H,26,29). The summed E-state index contributed by atoms with van der Waals surface area (Å²) < 4.78 is 10.5. The molecule has 2 N–H and O–H groups in total. The van der Waals surface area contributed by atoms with Gasteiger partial charge in [-0.15, -0.1) is 5.10 Å². The quantitative estimate of drug-likeness (QED) is 0.445. The first-order chi connectivity index (χ1) is 15.4. The molecule has 0 bridgehead atoms. The molecule has 2 aromatic heterocycles. The molecule has 0 spiro atoms. The number of hydrogen-bond acceptors (Lipinski definition) is 8. The number of benzene rings is 2. The van der Waals surface area contributed by atoms with Crippen molar-refractivity contribution in [2.24, 2.45) is 0 Å². The fourth-order valence-electron chi connectivity index (χ4n) is 3.08. The molecule has 4 aromatic rings. The van der Waals surface area contributed by atoms with Gasteiger partial charge in [-0.1, -0.05) is 12.1 Å². The molecule has 162 valence electrons.